The van der Waals surface area contributed by atoms with E-state index >= 15 is 0 Å². The molecule has 3 rings (SSSR count). The first-order valence-electron chi connectivity index (χ1n) is 6.98. The van der Waals surface area contributed by atoms with Crippen LogP contribution < -0.4 is 10.5 Å². The van der Waals surface area contributed by atoms with Gasteiger partial charge in [-0.25, -0.2) is 4.68 Å². The molecular weight excluding hydrogens is 278 g/mol. The monoisotopic (exact) mass is 295 g/mol. The smallest absolute Gasteiger partial charge is 0.182 e. The van der Waals surface area contributed by atoms with E-state index in [1.807, 2.05) is 48.5 Å². The van der Waals surface area contributed by atoms with Gasteiger partial charge < -0.3 is 10.5 Å². The predicted octanol–water partition coefficient (Wildman–Crippen LogP) is 1.86. The van der Waals surface area contributed by atoms with Crippen LogP contribution in [0.25, 0.3) is 11.4 Å². The maximum Gasteiger partial charge on any atom is 0.182 e. The third-order valence-corrected chi connectivity index (χ3v) is 3.47. The molecule has 1 aromatic heterocycles. The Morgan fingerprint density at radius 3 is 2.32 bits per heavy atom. The summed E-state index contributed by atoms with van der Waals surface area (Å²) in [6, 6.07) is 15.8. The third-order valence-electron chi connectivity index (χ3n) is 3.47. The van der Waals surface area contributed by atoms with Gasteiger partial charge in [-0.15, -0.1) is 5.10 Å². The maximum atomic E-state index is 5.61. The van der Waals surface area contributed by atoms with Crippen molar-refractivity contribution >= 4 is 0 Å². The lowest BCUT2D eigenvalue weighted by Gasteiger charge is -2.06. The summed E-state index contributed by atoms with van der Waals surface area (Å²) in [6.07, 6.45) is 0. The molecule has 112 valence electrons. The molecule has 2 aromatic carbocycles. The first kappa shape index (κ1) is 14.2. The second-order valence-electron chi connectivity index (χ2n) is 4.91. The van der Waals surface area contributed by atoms with E-state index in [2.05, 4.69) is 15.5 Å². The summed E-state index contributed by atoms with van der Waals surface area (Å²) in [5, 5.41) is 12.0. The van der Waals surface area contributed by atoms with Gasteiger partial charge in [-0.1, -0.05) is 24.3 Å². The molecule has 0 spiro atoms. The molecule has 0 unspecified atom stereocenters. The van der Waals surface area contributed by atoms with Crippen LogP contribution in [0.3, 0.4) is 0 Å². The van der Waals surface area contributed by atoms with Gasteiger partial charge in [-0.3, -0.25) is 0 Å². The van der Waals surface area contributed by atoms with Gasteiger partial charge in [0.05, 0.1) is 13.7 Å². The highest BCUT2D eigenvalue weighted by Gasteiger charge is 2.09. The average molecular weight is 295 g/mol. The Balaban J connectivity index is 1.84. The summed E-state index contributed by atoms with van der Waals surface area (Å²) in [7, 11) is 1.64. The highest BCUT2D eigenvalue weighted by atomic mass is 16.5. The van der Waals surface area contributed by atoms with E-state index in [4.69, 9.17) is 10.5 Å². The SMILES string of the molecule is COc1ccc(-c2nnnn2Cc2ccc(CN)cc2)cc1. The van der Waals surface area contributed by atoms with Crippen molar-refractivity contribution in [1.82, 2.24) is 20.2 Å². The third kappa shape index (κ3) is 2.96. The second kappa shape index (κ2) is 6.36. The van der Waals surface area contributed by atoms with Crippen LogP contribution in [0, 0.1) is 0 Å². The number of aromatic nitrogens is 4. The Morgan fingerprint density at radius 1 is 1.00 bits per heavy atom. The first-order valence-corrected chi connectivity index (χ1v) is 6.98. The van der Waals surface area contributed by atoms with Gasteiger partial charge in [-0.2, -0.15) is 0 Å². The molecule has 0 bridgehead atoms. The molecule has 0 aliphatic carbocycles. The Morgan fingerprint density at radius 2 is 1.68 bits per heavy atom. The molecule has 6 heteroatoms. The molecule has 0 saturated heterocycles. The summed E-state index contributed by atoms with van der Waals surface area (Å²) in [6.45, 7) is 1.15. The molecule has 0 saturated carbocycles. The van der Waals surface area contributed by atoms with Gasteiger partial charge >= 0.3 is 0 Å². The van der Waals surface area contributed by atoms with Crippen LogP contribution >= 0.6 is 0 Å². The molecule has 3 aromatic rings. The zero-order chi connectivity index (χ0) is 15.4. The van der Waals surface area contributed by atoms with Crippen LogP contribution in [0.5, 0.6) is 5.75 Å². The fourth-order valence-corrected chi connectivity index (χ4v) is 2.21. The lowest BCUT2D eigenvalue weighted by Crippen LogP contribution is -2.05. The summed E-state index contributed by atoms with van der Waals surface area (Å²) in [5.41, 5.74) is 8.79. The number of rotatable bonds is 5. The minimum atomic E-state index is 0.544. The highest BCUT2D eigenvalue weighted by molar-refractivity contribution is 5.56. The van der Waals surface area contributed by atoms with Crippen molar-refractivity contribution in [3.8, 4) is 17.1 Å². The summed E-state index contributed by atoms with van der Waals surface area (Å²) >= 11 is 0. The minimum Gasteiger partial charge on any atom is -0.497 e. The van der Waals surface area contributed by atoms with Gasteiger partial charge in [0.2, 0.25) is 0 Å². The highest BCUT2D eigenvalue weighted by Crippen LogP contribution is 2.20. The van der Waals surface area contributed by atoms with Gasteiger partial charge in [0, 0.05) is 12.1 Å². The molecule has 0 amide bonds. The van der Waals surface area contributed by atoms with Crippen LogP contribution in [0.15, 0.2) is 48.5 Å². The molecular formula is C16H17N5O. The van der Waals surface area contributed by atoms with E-state index < -0.39 is 0 Å². The van der Waals surface area contributed by atoms with Crippen LogP contribution in [0.2, 0.25) is 0 Å². The molecule has 0 radical (unpaired) electrons. The Kier molecular flexibility index (Phi) is 4.11. The molecule has 6 nitrogen and oxygen atoms in total. The number of hydrogen-bond donors (Lipinski definition) is 1. The lowest BCUT2D eigenvalue weighted by molar-refractivity contribution is 0.415. The van der Waals surface area contributed by atoms with Gasteiger partial charge in [0.25, 0.3) is 0 Å². The molecule has 0 aliphatic heterocycles. The number of nitrogens with zero attached hydrogens (tertiary/aromatic N) is 4. The fourth-order valence-electron chi connectivity index (χ4n) is 2.21. The number of ether oxygens (including phenoxy) is 1. The summed E-state index contributed by atoms with van der Waals surface area (Å²) in [5.74, 6) is 1.53. The zero-order valence-corrected chi connectivity index (χ0v) is 12.3. The normalized spacial score (nSPS) is 10.6. The fraction of sp³-hybridized carbons (Fsp3) is 0.188. The Hall–Kier alpha value is -2.73. The van der Waals surface area contributed by atoms with Crippen molar-refractivity contribution in [1.29, 1.82) is 0 Å². The lowest BCUT2D eigenvalue weighted by atomic mass is 10.1. The number of tetrazole rings is 1. The van der Waals surface area contributed by atoms with Crippen molar-refractivity contribution in [3.05, 3.63) is 59.7 Å². The van der Waals surface area contributed by atoms with E-state index in [9.17, 15) is 0 Å². The maximum absolute atomic E-state index is 5.61. The van der Waals surface area contributed by atoms with Crippen molar-refractivity contribution in [3.63, 3.8) is 0 Å². The summed E-state index contributed by atoms with van der Waals surface area (Å²) in [4.78, 5) is 0. The van der Waals surface area contributed by atoms with Crippen LogP contribution in [-0.2, 0) is 13.1 Å². The summed E-state index contributed by atoms with van der Waals surface area (Å²) < 4.78 is 6.94. The van der Waals surface area contributed by atoms with Crippen molar-refractivity contribution in [2.45, 2.75) is 13.1 Å². The topological polar surface area (TPSA) is 78.9 Å². The largest absolute Gasteiger partial charge is 0.497 e. The number of benzene rings is 2. The molecule has 1 heterocycles. The van der Waals surface area contributed by atoms with Crippen molar-refractivity contribution in [2.24, 2.45) is 5.73 Å². The first-order chi connectivity index (χ1) is 10.8. The van der Waals surface area contributed by atoms with Crippen molar-refractivity contribution < 1.29 is 4.74 Å². The molecule has 0 atom stereocenters. The number of nitrogens with two attached hydrogens (primary N) is 1. The van der Waals surface area contributed by atoms with Crippen molar-refractivity contribution in [2.75, 3.05) is 7.11 Å². The van der Waals surface area contributed by atoms with E-state index in [1.54, 1.807) is 11.8 Å². The van der Waals surface area contributed by atoms with Gasteiger partial charge in [-0.05, 0) is 45.8 Å². The zero-order valence-electron chi connectivity index (χ0n) is 12.3. The standard InChI is InChI=1S/C16H17N5O/c1-22-15-8-6-14(7-9-15)16-18-19-20-21(16)11-13-4-2-12(10-17)3-5-13/h2-9H,10-11,17H2,1H3. The molecule has 0 fully saturated rings. The Bertz CT molecular complexity index is 734. The Labute approximate surface area is 128 Å². The minimum absolute atomic E-state index is 0.544. The van der Waals surface area contributed by atoms with Crippen LogP contribution in [0.1, 0.15) is 11.1 Å². The van der Waals surface area contributed by atoms with Gasteiger partial charge in [0.15, 0.2) is 5.82 Å². The second-order valence-corrected chi connectivity index (χ2v) is 4.91. The number of methoxy groups -OCH3 is 1. The van der Waals surface area contributed by atoms with E-state index in [1.165, 1.54) is 0 Å². The van der Waals surface area contributed by atoms with Gasteiger partial charge in [0.1, 0.15) is 5.75 Å². The quantitative estimate of drug-likeness (QED) is 0.777. The average Bonchev–Trinajstić information content (AvgIpc) is 3.04. The number of hydrogen-bond acceptors (Lipinski definition) is 5. The molecule has 0 aliphatic rings. The predicted molar refractivity (Wildman–Crippen MR) is 83.2 cm³/mol. The molecule has 22 heavy (non-hydrogen) atoms. The molecule has 2 N–H and O–H groups in total. The van der Waals surface area contributed by atoms with Crippen LogP contribution in [0.4, 0.5) is 0 Å². The van der Waals surface area contributed by atoms with E-state index in [0.717, 1.165) is 28.3 Å². The van der Waals surface area contributed by atoms with E-state index in [0.29, 0.717) is 13.1 Å². The van der Waals surface area contributed by atoms with Crippen LogP contribution in [-0.4, -0.2) is 27.3 Å². The van der Waals surface area contributed by atoms with E-state index in [-0.39, 0.29) is 0 Å².